The summed E-state index contributed by atoms with van der Waals surface area (Å²) >= 11 is 0. The topological polar surface area (TPSA) is 55.1 Å². The lowest BCUT2D eigenvalue weighted by Crippen LogP contribution is -2.33. The maximum Gasteiger partial charge on any atom is 0.253 e. The number of amides is 1. The fourth-order valence-corrected chi connectivity index (χ4v) is 1.66. The van der Waals surface area contributed by atoms with Crippen LogP contribution in [0.4, 0.5) is 5.69 Å². The van der Waals surface area contributed by atoms with Crippen LogP contribution in [-0.4, -0.2) is 11.9 Å². The first-order valence-electron chi connectivity index (χ1n) is 6.16. The Morgan fingerprint density at radius 3 is 2.39 bits per heavy atom. The summed E-state index contributed by atoms with van der Waals surface area (Å²) in [6, 6.07) is 7.33. The van der Waals surface area contributed by atoms with Crippen LogP contribution in [0.1, 0.15) is 44.0 Å². The molecule has 4 heteroatoms. The van der Waals surface area contributed by atoms with Crippen molar-refractivity contribution in [2.75, 3.05) is 5.73 Å². The summed E-state index contributed by atoms with van der Waals surface area (Å²) in [5, 5.41) is 2.97. The minimum absolute atomic E-state index is 0. The summed E-state index contributed by atoms with van der Waals surface area (Å²) in [6.07, 6.45) is 2.11. The molecule has 0 saturated heterocycles. The number of rotatable bonds is 5. The third kappa shape index (κ3) is 5.41. The third-order valence-corrected chi connectivity index (χ3v) is 2.76. The van der Waals surface area contributed by atoms with Crippen molar-refractivity contribution in [3.63, 3.8) is 0 Å². The van der Waals surface area contributed by atoms with Gasteiger partial charge >= 0.3 is 0 Å². The molecule has 3 N–H and O–H groups in total. The van der Waals surface area contributed by atoms with E-state index in [1.807, 2.05) is 19.1 Å². The quantitative estimate of drug-likeness (QED) is 0.807. The predicted molar refractivity (Wildman–Crippen MR) is 79.1 cm³/mol. The number of hydrogen-bond acceptors (Lipinski definition) is 2. The highest BCUT2D eigenvalue weighted by Gasteiger charge is 2.12. The predicted octanol–water partition coefficient (Wildman–Crippen LogP) is 3.25. The van der Waals surface area contributed by atoms with Gasteiger partial charge in [0, 0.05) is 11.7 Å². The smallest absolute Gasteiger partial charge is 0.253 e. The average Bonchev–Trinajstić information content (AvgIpc) is 2.26. The van der Waals surface area contributed by atoms with E-state index < -0.39 is 0 Å². The van der Waals surface area contributed by atoms with Crippen LogP contribution in [0.5, 0.6) is 0 Å². The molecule has 0 bridgehead atoms. The number of nitrogen functional groups attached to an aromatic ring is 1. The molecule has 0 radical (unpaired) electrons. The molecule has 1 atom stereocenters. The Morgan fingerprint density at radius 1 is 1.22 bits per heavy atom. The zero-order valence-electron chi connectivity index (χ0n) is 11.3. The lowest BCUT2D eigenvalue weighted by molar-refractivity contribution is 0.0938. The number of carbonyl (C=O) groups is 1. The van der Waals surface area contributed by atoms with E-state index in [0.717, 1.165) is 12.8 Å². The third-order valence-electron chi connectivity index (χ3n) is 2.76. The highest BCUT2D eigenvalue weighted by atomic mass is 35.5. The van der Waals surface area contributed by atoms with Crippen LogP contribution in [0, 0.1) is 5.92 Å². The molecule has 0 heterocycles. The van der Waals surface area contributed by atoms with Gasteiger partial charge in [-0.25, -0.2) is 0 Å². The molecule has 3 nitrogen and oxygen atoms in total. The van der Waals surface area contributed by atoms with Crippen molar-refractivity contribution in [1.82, 2.24) is 5.32 Å². The van der Waals surface area contributed by atoms with Gasteiger partial charge in [-0.2, -0.15) is 0 Å². The Labute approximate surface area is 116 Å². The fourth-order valence-electron chi connectivity index (χ4n) is 1.66. The van der Waals surface area contributed by atoms with E-state index in [-0.39, 0.29) is 24.4 Å². The van der Waals surface area contributed by atoms with Crippen LogP contribution < -0.4 is 11.1 Å². The van der Waals surface area contributed by atoms with Gasteiger partial charge in [0.15, 0.2) is 0 Å². The summed E-state index contributed by atoms with van der Waals surface area (Å²) < 4.78 is 0. The van der Waals surface area contributed by atoms with Crippen LogP contribution >= 0.6 is 12.4 Å². The molecule has 1 aromatic rings. The van der Waals surface area contributed by atoms with Crippen molar-refractivity contribution in [1.29, 1.82) is 0 Å². The average molecular weight is 271 g/mol. The Kier molecular flexibility index (Phi) is 7.44. The first-order valence-corrected chi connectivity index (χ1v) is 6.16. The van der Waals surface area contributed by atoms with E-state index in [9.17, 15) is 4.79 Å². The van der Waals surface area contributed by atoms with Gasteiger partial charge in [-0.1, -0.05) is 26.0 Å². The van der Waals surface area contributed by atoms with Gasteiger partial charge in [0.05, 0.1) is 5.56 Å². The molecular formula is C14H23ClN2O. The molecule has 1 aromatic carbocycles. The van der Waals surface area contributed by atoms with Gasteiger partial charge in [-0.05, 0) is 37.8 Å². The van der Waals surface area contributed by atoms with Crippen LogP contribution in [0.25, 0.3) is 0 Å². The minimum atomic E-state index is -0.0839. The summed E-state index contributed by atoms with van der Waals surface area (Å²) in [5.74, 6) is 0.579. The number of hydrogen-bond donors (Lipinski definition) is 2. The molecule has 18 heavy (non-hydrogen) atoms. The summed E-state index contributed by atoms with van der Waals surface area (Å²) in [5.41, 5.74) is 6.85. The number of carbonyl (C=O) groups excluding carboxylic acids is 1. The first kappa shape index (κ1) is 16.8. The minimum Gasteiger partial charge on any atom is -0.398 e. The number of anilines is 1. The Balaban J connectivity index is 0.00000289. The molecule has 0 aliphatic heterocycles. The monoisotopic (exact) mass is 270 g/mol. The number of benzene rings is 1. The molecule has 102 valence electrons. The number of nitrogens with one attached hydrogen (secondary N) is 1. The zero-order valence-corrected chi connectivity index (χ0v) is 12.1. The van der Waals surface area contributed by atoms with E-state index in [1.54, 1.807) is 12.1 Å². The molecule has 1 rings (SSSR count). The Bertz CT molecular complexity index is 380. The second-order valence-corrected chi connectivity index (χ2v) is 4.93. The van der Waals surface area contributed by atoms with E-state index in [4.69, 9.17) is 5.73 Å². The van der Waals surface area contributed by atoms with Crippen molar-refractivity contribution < 1.29 is 4.79 Å². The van der Waals surface area contributed by atoms with Gasteiger partial charge in [-0.15, -0.1) is 12.4 Å². The van der Waals surface area contributed by atoms with Crippen molar-refractivity contribution in [2.45, 2.75) is 39.7 Å². The number of para-hydroxylation sites is 1. The van der Waals surface area contributed by atoms with Crippen LogP contribution in [0.2, 0.25) is 0 Å². The normalized spacial score (nSPS) is 11.8. The second kappa shape index (κ2) is 7.98. The largest absolute Gasteiger partial charge is 0.398 e. The standard InChI is InChI=1S/C14H22N2O.ClH/c1-10(2)8-9-11(3)16-14(17)12-6-4-5-7-13(12)15;/h4-7,10-11H,8-9,15H2,1-3H3,(H,16,17);1H. The Hall–Kier alpha value is -1.22. The first-order chi connectivity index (χ1) is 8.00. The molecule has 1 unspecified atom stereocenters. The van der Waals surface area contributed by atoms with E-state index in [2.05, 4.69) is 19.2 Å². The van der Waals surface area contributed by atoms with Gasteiger partial charge in [0.2, 0.25) is 0 Å². The lowest BCUT2D eigenvalue weighted by atomic mass is 10.0. The molecule has 0 aliphatic carbocycles. The summed E-state index contributed by atoms with van der Waals surface area (Å²) in [6.45, 7) is 6.40. The maximum atomic E-state index is 11.9. The van der Waals surface area contributed by atoms with Crippen molar-refractivity contribution in [3.05, 3.63) is 29.8 Å². The molecular weight excluding hydrogens is 248 g/mol. The van der Waals surface area contributed by atoms with Gasteiger partial charge in [-0.3, -0.25) is 4.79 Å². The van der Waals surface area contributed by atoms with Crippen molar-refractivity contribution >= 4 is 24.0 Å². The molecule has 0 aliphatic rings. The second-order valence-electron chi connectivity index (χ2n) is 4.93. The Morgan fingerprint density at radius 2 is 1.83 bits per heavy atom. The maximum absolute atomic E-state index is 11.9. The van der Waals surface area contributed by atoms with Crippen molar-refractivity contribution in [3.8, 4) is 0 Å². The number of halogens is 1. The van der Waals surface area contributed by atoms with E-state index in [1.165, 1.54) is 0 Å². The summed E-state index contributed by atoms with van der Waals surface area (Å²) in [4.78, 5) is 11.9. The lowest BCUT2D eigenvalue weighted by Gasteiger charge is -2.15. The van der Waals surface area contributed by atoms with E-state index >= 15 is 0 Å². The van der Waals surface area contributed by atoms with Crippen LogP contribution in [0.3, 0.4) is 0 Å². The van der Waals surface area contributed by atoms with Crippen molar-refractivity contribution in [2.24, 2.45) is 5.92 Å². The van der Waals surface area contributed by atoms with E-state index in [0.29, 0.717) is 17.2 Å². The molecule has 0 fully saturated rings. The van der Waals surface area contributed by atoms with Crippen LogP contribution in [0.15, 0.2) is 24.3 Å². The SMILES string of the molecule is CC(C)CCC(C)NC(=O)c1ccccc1N.Cl. The van der Waals surface area contributed by atoms with Gasteiger partial charge < -0.3 is 11.1 Å². The van der Waals surface area contributed by atoms with Gasteiger partial charge in [0.25, 0.3) is 5.91 Å². The number of nitrogens with two attached hydrogens (primary N) is 1. The molecule has 1 amide bonds. The summed E-state index contributed by atoms with van der Waals surface area (Å²) in [7, 11) is 0. The van der Waals surface area contributed by atoms with Gasteiger partial charge in [0.1, 0.15) is 0 Å². The highest BCUT2D eigenvalue weighted by molar-refractivity contribution is 5.99. The molecule has 0 spiro atoms. The van der Waals surface area contributed by atoms with Crippen LogP contribution in [-0.2, 0) is 0 Å². The fraction of sp³-hybridized carbons (Fsp3) is 0.500. The highest BCUT2D eigenvalue weighted by Crippen LogP contribution is 2.11. The zero-order chi connectivity index (χ0) is 12.8. The molecule has 0 saturated carbocycles. The molecule has 0 aromatic heterocycles.